The van der Waals surface area contributed by atoms with Crippen molar-refractivity contribution in [3.8, 4) is 11.5 Å². The van der Waals surface area contributed by atoms with E-state index in [4.69, 9.17) is 4.42 Å². The molecule has 1 atom stereocenters. The Morgan fingerprint density at radius 1 is 1.04 bits per heavy atom. The third kappa shape index (κ3) is 3.63. The average Bonchev–Trinajstić information content (AvgIpc) is 3.20. The van der Waals surface area contributed by atoms with Crippen molar-refractivity contribution < 1.29 is 17.2 Å². The Hall–Kier alpha value is -2.58. The number of benzene rings is 2. The standard InChI is InChI=1S/C19H18FN3O3S/c20-16-10-8-14(9-11-16)18-21-22-19(26-18)15-5-4-12-23(13-15)27(24,25)17-6-2-1-3-7-17/h1-3,6-11,15H,4-5,12-13H2. The third-order valence-electron chi connectivity index (χ3n) is 4.65. The molecule has 8 heteroatoms. The van der Waals surface area contributed by atoms with Gasteiger partial charge in [0.25, 0.3) is 0 Å². The second-order valence-corrected chi connectivity index (χ2v) is 8.41. The number of rotatable bonds is 4. The molecule has 1 aromatic heterocycles. The summed E-state index contributed by atoms with van der Waals surface area (Å²) in [6.07, 6.45) is 1.48. The van der Waals surface area contributed by atoms with Gasteiger partial charge in [0.05, 0.1) is 10.8 Å². The Labute approximate surface area is 156 Å². The summed E-state index contributed by atoms with van der Waals surface area (Å²) in [5.41, 5.74) is 0.625. The van der Waals surface area contributed by atoms with Gasteiger partial charge in [0.15, 0.2) is 0 Å². The van der Waals surface area contributed by atoms with Gasteiger partial charge in [-0.15, -0.1) is 10.2 Å². The fourth-order valence-corrected chi connectivity index (χ4v) is 4.76. The van der Waals surface area contributed by atoms with Crippen LogP contribution in [0.4, 0.5) is 4.39 Å². The highest BCUT2D eigenvalue weighted by atomic mass is 32.2. The molecule has 0 aliphatic carbocycles. The van der Waals surface area contributed by atoms with E-state index in [-0.39, 0.29) is 16.6 Å². The molecule has 2 heterocycles. The van der Waals surface area contributed by atoms with Crippen LogP contribution >= 0.6 is 0 Å². The quantitative estimate of drug-likeness (QED) is 0.685. The van der Waals surface area contributed by atoms with Crippen LogP contribution in [0.3, 0.4) is 0 Å². The fraction of sp³-hybridized carbons (Fsp3) is 0.263. The first kappa shape index (κ1) is 17.8. The van der Waals surface area contributed by atoms with Crippen molar-refractivity contribution in [1.82, 2.24) is 14.5 Å². The molecule has 2 aromatic carbocycles. The number of piperidine rings is 1. The topological polar surface area (TPSA) is 76.3 Å². The van der Waals surface area contributed by atoms with Crippen molar-refractivity contribution in [1.29, 1.82) is 0 Å². The average molecular weight is 387 g/mol. The van der Waals surface area contributed by atoms with Crippen molar-refractivity contribution in [2.45, 2.75) is 23.7 Å². The molecule has 0 spiro atoms. The molecular weight excluding hydrogens is 369 g/mol. The van der Waals surface area contributed by atoms with Gasteiger partial charge in [-0.3, -0.25) is 0 Å². The Kier molecular flexibility index (Phi) is 4.75. The Balaban J connectivity index is 1.55. The molecule has 4 rings (SSSR count). The molecule has 1 aliphatic rings. The second kappa shape index (κ2) is 7.21. The van der Waals surface area contributed by atoms with Gasteiger partial charge in [0, 0.05) is 18.7 Å². The molecule has 27 heavy (non-hydrogen) atoms. The van der Waals surface area contributed by atoms with Crippen LogP contribution in [-0.2, 0) is 10.0 Å². The molecule has 0 bridgehead atoms. The summed E-state index contributed by atoms with van der Waals surface area (Å²) >= 11 is 0. The summed E-state index contributed by atoms with van der Waals surface area (Å²) in [5.74, 6) is 0.196. The number of nitrogens with zero attached hydrogens (tertiary/aromatic N) is 3. The number of halogens is 1. The van der Waals surface area contributed by atoms with Gasteiger partial charge in [-0.05, 0) is 49.2 Å². The predicted molar refractivity (Wildman–Crippen MR) is 96.9 cm³/mol. The van der Waals surface area contributed by atoms with Crippen molar-refractivity contribution >= 4 is 10.0 Å². The van der Waals surface area contributed by atoms with E-state index in [0.717, 1.165) is 6.42 Å². The molecule has 6 nitrogen and oxygen atoms in total. The minimum Gasteiger partial charge on any atom is -0.420 e. The SMILES string of the molecule is O=S(=O)(c1ccccc1)N1CCCC(c2nnc(-c3ccc(F)cc3)o2)C1. The molecular formula is C19H18FN3O3S. The van der Waals surface area contributed by atoms with Crippen LogP contribution in [-0.4, -0.2) is 36.0 Å². The van der Waals surface area contributed by atoms with E-state index in [1.807, 2.05) is 0 Å². The molecule has 0 radical (unpaired) electrons. The Morgan fingerprint density at radius 2 is 1.78 bits per heavy atom. The van der Waals surface area contributed by atoms with Gasteiger partial charge in [0.1, 0.15) is 5.82 Å². The van der Waals surface area contributed by atoms with Crippen LogP contribution < -0.4 is 0 Å². The van der Waals surface area contributed by atoms with E-state index < -0.39 is 10.0 Å². The number of sulfonamides is 1. The first-order valence-corrected chi connectivity index (χ1v) is 10.1. The highest BCUT2D eigenvalue weighted by molar-refractivity contribution is 7.89. The zero-order chi connectivity index (χ0) is 18.9. The number of hydrogen-bond donors (Lipinski definition) is 0. The summed E-state index contributed by atoms with van der Waals surface area (Å²) in [4.78, 5) is 0.281. The molecule has 140 valence electrons. The molecule has 0 amide bonds. The monoisotopic (exact) mass is 387 g/mol. The van der Waals surface area contributed by atoms with E-state index in [2.05, 4.69) is 10.2 Å². The minimum absolute atomic E-state index is 0.168. The Bertz CT molecular complexity index is 1020. The lowest BCUT2D eigenvalue weighted by atomic mass is 10.00. The molecule has 3 aromatic rings. The van der Waals surface area contributed by atoms with Gasteiger partial charge >= 0.3 is 0 Å². The smallest absolute Gasteiger partial charge is 0.247 e. The van der Waals surface area contributed by atoms with Gasteiger partial charge in [-0.2, -0.15) is 4.31 Å². The van der Waals surface area contributed by atoms with Crippen LogP contribution in [0.1, 0.15) is 24.7 Å². The largest absolute Gasteiger partial charge is 0.420 e. The molecule has 1 unspecified atom stereocenters. The van der Waals surface area contributed by atoms with Gasteiger partial charge in [-0.1, -0.05) is 18.2 Å². The lowest BCUT2D eigenvalue weighted by molar-refractivity contribution is 0.286. The normalized spacial score (nSPS) is 18.5. The first-order valence-electron chi connectivity index (χ1n) is 8.68. The van der Waals surface area contributed by atoms with E-state index >= 15 is 0 Å². The maximum atomic E-state index is 13.1. The van der Waals surface area contributed by atoms with Gasteiger partial charge < -0.3 is 4.42 Å². The van der Waals surface area contributed by atoms with Crippen molar-refractivity contribution in [2.24, 2.45) is 0 Å². The van der Waals surface area contributed by atoms with E-state index in [0.29, 0.717) is 36.9 Å². The zero-order valence-corrected chi connectivity index (χ0v) is 15.3. The van der Waals surface area contributed by atoms with Crippen LogP contribution in [0.2, 0.25) is 0 Å². The molecule has 0 N–H and O–H groups in total. The molecule has 0 saturated carbocycles. The summed E-state index contributed by atoms with van der Waals surface area (Å²) in [6.45, 7) is 0.759. The van der Waals surface area contributed by atoms with E-state index in [9.17, 15) is 12.8 Å². The van der Waals surface area contributed by atoms with Crippen LogP contribution in [0.25, 0.3) is 11.5 Å². The maximum Gasteiger partial charge on any atom is 0.247 e. The fourth-order valence-electron chi connectivity index (χ4n) is 3.21. The zero-order valence-electron chi connectivity index (χ0n) is 14.5. The van der Waals surface area contributed by atoms with Crippen LogP contribution in [0.15, 0.2) is 63.9 Å². The number of hydrogen-bond acceptors (Lipinski definition) is 5. The van der Waals surface area contributed by atoms with Gasteiger partial charge in [0.2, 0.25) is 21.8 Å². The van der Waals surface area contributed by atoms with E-state index in [1.165, 1.54) is 16.4 Å². The summed E-state index contributed by atoms with van der Waals surface area (Å²) in [5, 5.41) is 8.13. The maximum absolute atomic E-state index is 13.1. The third-order valence-corrected chi connectivity index (χ3v) is 6.53. The van der Waals surface area contributed by atoms with Crippen LogP contribution in [0, 0.1) is 5.82 Å². The first-order chi connectivity index (χ1) is 13.0. The molecule has 1 fully saturated rings. The van der Waals surface area contributed by atoms with E-state index in [1.54, 1.807) is 42.5 Å². The summed E-state index contributed by atoms with van der Waals surface area (Å²) in [6, 6.07) is 14.2. The van der Waals surface area contributed by atoms with Crippen molar-refractivity contribution in [2.75, 3.05) is 13.1 Å². The number of aromatic nitrogens is 2. The predicted octanol–water partition coefficient (Wildman–Crippen LogP) is 3.44. The van der Waals surface area contributed by atoms with Gasteiger partial charge in [-0.25, -0.2) is 12.8 Å². The lowest BCUT2D eigenvalue weighted by Gasteiger charge is -2.30. The summed E-state index contributed by atoms with van der Waals surface area (Å²) in [7, 11) is -3.55. The van der Waals surface area contributed by atoms with Crippen molar-refractivity contribution in [3.63, 3.8) is 0 Å². The second-order valence-electron chi connectivity index (χ2n) is 6.47. The lowest BCUT2D eigenvalue weighted by Crippen LogP contribution is -2.39. The molecule has 1 aliphatic heterocycles. The van der Waals surface area contributed by atoms with Crippen LogP contribution in [0.5, 0.6) is 0 Å². The molecule has 1 saturated heterocycles. The van der Waals surface area contributed by atoms with Crippen molar-refractivity contribution in [3.05, 3.63) is 66.3 Å². The highest BCUT2D eigenvalue weighted by Gasteiger charge is 2.33. The highest BCUT2D eigenvalue weighted by Crippen LogP contribution is 2.31. The minimum atomic E-state index is -3.55. The summed E-state index contributed by atoms with van der Waals surface area (Å²) < 4.78 is 46.0. The Morgan fingerprint density at radius 3 is 2.52 bits per heavy atom.